The van der Waals surface area contributed by atoms with Gasteiger partial charge < -0.3 is 15.2 Å². The highest BCUT2D eigenvalue weighted by Crippen LogP contribution is 2.09. The van der Waals surface area contributed by atoms with E-state index in [1.54, 1.807) is 12.5 Å². The van der Waals surface area contributed by atoms with Crippen molar-refractivity contribution >= 4 is 29.3 Å². The zero-order chi connectivity index (χ0) is 17.4. The predicted octanol–water partition coefficient (Wildman–Crippen LogP) is 2.07. The van der Waals surface area contributed by atoms with Gasteiger partial charge in [-0.3, -0.25) is 9.59 Å². The van der Waals surface area contributed by atoms with Crippen LogP contribution in [0, 0.1) is 6.92 Å². The molecule has 6 nitrogen and oxygen atoms in total. The topological polar surface area (TPSA) is 76.0 Å². The Morgan fingerprint density at radius 2 is 1.92 bits per heavy atom. The van der Waals surface area contributed by atoms with Gasteiger partial charge in [-0.2, -0.15) is 0 Å². The Morgan fingerprint density at radius 1 is 1.21 bits per heavy atom. The molecule has 2 N–H and O–H groups in total. The van der Waals surface area contributed by atoms with E-state index >= 15 is 0 Å². The Kier molecular flexibility index (Phi) is 6.87. The van der Waals surface area contributed by atoms with Crippen molar-refractivity contribution in [2.75, 3.05) is 16.8 Å². The summed E-state index contributed by atoms with van der Waals surface area (Å²) in [4.78, 5) is 27.7. The Bertz CT molecular complexity index is 656. The standard InChI is InChI=1S/C17H22N4O2S/c1-13-3-5-15(6-4-13)20-17(23)11-24-10-16(22)19-14(2)9-21-8-7-18-12-21/h3-8,12,14H,9-11H2,1-2H3,(H,19,22)(H,20,23)/t14-/m0/s1. The van der Waals surface area contributed by atoms with E-state index in [-0.39, 0.29) is 29.4 Å². The Hall–Kier alpha value is -2.28. The third kappa shape index (κ3) is 6.45. The van der Waals surface area contributed by atoms with Crippen LogP contribution in [0.25, 0.3) is 0 Å². The van der Waals surface area contributed by atoms with Crippen molar-refractivity contribution in [3.63, 3.8) is 0 Å². The maximum atomic E-state index is 11.9. The van der Waals surface area contributed by atoms with Gasteiger partial charge in [0, 0.05) is 30.7 Å². The van der Waals surface area contributed by atoms with Crippen molar-refractivity contribution in [2.45, 2.75) is 26.4 Å². The van der Waals surface area contributed by atoms with Gasteiger partial charge >= 0.3 is 0 Å². The highest BCUT2D eigenvalue weighted by molar-refractivity contribution is 8.00. The normalized spacial score (nSPS) is 11.8. The van der Waals surface area contributed by atoms with Crippen LogP contribution in [0.1, 0.15) is 12.5 Å². The number of aryl methyl sites for hydroxylation is 1. The minimum absolute atomic E-state index is 0.00804. The number of nitrogens with one attached hydrogen (secondary N) is 2. The van der Waals surface area contributed by atoms with Crippen molar-refractivity contribution < 1.29 is 9.59 Å². The van der Waals surface area contributed by atoms with Gasteiger partial charge in [-0.15, -0.1) is 11.8 Å². The van der Waals surface area contributed by atoms with Crippen molar-refractivity contribution in [3.8, 4) is 0 Å². The molecule has 0 spiro atoms. The molecule has 0 bridgehead atoms. The van der Waals surface area contributed by atoms with Gasteiger partial charge in [-0.1, -0.05) is 17.7 Å². The summed E-state index contributed by atoms with van der Waals surface area (Å²) >= 11 is 1.30. The average Bonchev–Trinajstić information content (AvgIpc) is 3.02. The Balaban J connectivity index is 1.62. The lowest BCUT2D eigenvalue weighted by Gasteiger charge is -2.14. The second-order valence-corrected chi connectivity index (χ2v) is 6.62. The fourth-order valence-corrected chi connectivity index (χ4v) is 2.77. The molecule has 1 aromatic heterocycles. The molecule has 7 heteroatoms. The van der Waals surface area contributed by atoms with Gasteiger partial charge in [0.2, 0.25) is 11.8 Å². The molecule has 2 aromatic rings. The molecule has 1 atom stereocenters. The lowest BCUT2D eigenvalue weighted by molar-refractivity contribution is -0.119. The molecule has 1 aromatic carbocycles. The Labute approximate surface area is 146 Å². The van der Waals surface area contributed by atoms with Crippen LogP contribution in [0.2, 0.25) is 0 Å². The van der Waals surface area contributed by atoms with Crippen LogP contribution < -0.4 is 10.6 Å². The molecule has 128 valence electrons. The van der Waals surface area contributed by atoms with Crippen molar-refractivity contribution in [2.24, 2.45) is 0 Å². The van der Waals surface area contributed by atoms with Gasteiger partial charge in [-0.05, 0) is 26.0 Å². The molecule has 2 rings (SSSR count). The van der Waals surface area contributed by atoms with Gasteiger partial charge in [0.15, 0.2) is 0 Å². The molecule has 0 saturated carbocycles. The zero-order valence-corrected chi connectivity index (χ0v) is 14.7. The number of carbonyl (C=O) groups excluding carboxylic acids is 2. The number of aromatic nitrogens is 2. The van der Waals surface area contributed by atoms with Crippen LogP contribution in [0.15, 0.2) is 43.0 Å². The molecule has 0 unspecified atom stereocenters. The van der Waals surface area contributed by atoms with Crippen LogP contribution >= 0.6 is 11.8 Å². The molecule has 0 fully saturated rings. The number of thioether (sulfide) groups is 1. The first-order valence-corrected chi connectivity index (χ1v) is 8.88. The second kappa shape index (κ2) is 9.12. The molecule has 0 aliphatic rings. The van der Waals surface area contributed by atoms with E-state index in [0.717, 1.165) is 11.3 Å². The van der Waals surface area contributed by atoms with E-state index in [1.807, 2.05) is 48.9 Å². The first-order chi connectivity index (χ1) is 11.5. The molecule has 0 radical (unpaired) electrons. The van der Waals surface area contributed by atoms with E-state index in [0.29, 0.717) is 6.54 Å². The maximum absolute atomic E-state index is 11.9. The van der Waals surface area contributed by atoms with E-state index in [1.165, 1.54) is 11.8 Å². The predicted molar refractivity (Wildman–Crippen MR) is 97.0 cm³/mol. The highest BCUT2D eigenvalue weighted by atomic mass is 32.2. The number of hydrogen-bond donors (Lipinski definition) is 2. The van der Waals surface area contributed by atoms with Gasteiger partial charge in [-0.25, -0.2) is 4.98 Å². The van der Waals surface area contributed by atoms with Crippen molar-refractivity contribution in [1.29, 1.82) is 0 Å². The number of anilines is 1. The zero-order valence-electron chi connectivity index (χ0n) is 13.9. The minimum atomic E-state index is -0.108. The molecule has 0 aliphatic heterocycles. The molecule has 0 aliphatic carbocycles. The average molecular weight is 346 g/mol. The Morgan fingerprint density at radius 3 is 2.58 bits per heavy atom. The summed E-state index contributed by atoms with van der Waals surface area (Å²) in [5.41, 5.74) is 1.91. The van der Waals surface area contributed by atoms with Crippen LogP contribution in [0.3, 0.4) is 0 Å². The lowest BCUT2D eigenvalue weighted by Crippen LogP contribution is -2.36. The number of carbonyl (C=O) groups is 2. The quantitative estimate of drug-likeness (QED) is 0.767. The number of amides is 2. The third-order valence-corrected chi connectivity index (χ3v) is 4.19. The van der Waals surface area contributed by atoms with E-state index < -0.39 is 0 Å². The molecular formula is C17H22N4O2S. The van der Waals surface area contributed by atoms with Gasteiger partial charge in [0.05, 0.1) is 17.8 Å². The fourth-order valence-electron chi connectivity index (χ4n) is 2.14. The fraction of sp³-hybridized carbons (Fsp3) is 0.353. The number of benzene rings is 1. The van der Waals surface area contributed by atoms with Gasteiger partial charge in [0.25, 0.3) is 0 Å². The second-order valence-electron chi connectivity index (χ2n) is 5.64. The first-order valence-electron chi connectivity index (χ1n) is 7.72. The minimum Gasteiger partial charge on any atom is -0.351 e. The largest absolute Gasteiger partial charge is 0.351 e. The van der Waals surface area contributed by atoms with Crippen LogP contribution in [0.5, 0.6) is 0 Å². The third-order valence-electron chi connectivity index (χ3n) is 3.25. The summed E-state index contributed by atoms with van der Waals surface area (Å²) in [5.74, 6) is 0.325. The van der Waals surface area contributed by atoms with Crippen molar-refractivity contribution in [1.82, 2.24) is 14.9 Å². The summed E-state index contributed by atoms with van der Waals surface area (Å²) in [7, 11) is 0. The summed E-state index contributed by atoms with van der Waals surface area (Å²) in [5, 5.41) is 5.72. The smallest absolute Gasteiger partial charge is 0.234 e. The summed E-state index contributed by atoms with van der Waals surface area (Å²) in [6.07, 6.45) is 5.27. The summed E-state index contributed by atoms with van der Waals surface area (Å²) in [6, 6.07) is 7.62. The van der Waals surface area contributed by atoms with Crippen LogP contribution in [-0.4, -0.2) is 38.9 Å². The van der Waals surface area contributed by atoms with Gasteiger partial charge in [0.1, 0.15) is 0 Å². The maximum Gasteiger partial charge on any atom is 0.234 e. The molecular weight excluding hydrogens is 324 g/mol. The number of imidazole rings is 1. The number of rotatable bonds is 8. The SMILES string of the molecule is Cc1ccc(NC(=O)CSCC(=O)N[C@@H](C)Cn2ccnc2)cc1. The van der Waals surface area contributed by atoms with E-state index in [4.69, 9.17) is 0 Å². The summed E-state index contributed by atoms with van der Waals surface area (Å²) in [6.45, 7) is 4.60. The molecule has 2 amide bonds. The molecule has 0 saturated heterocycles. The monoisotopic (exact) mass is 346 g/mol. The molecule has 24 heavy (non-hydrogen) atoms. The first kappa shape index (κ1) is 18.1. The lowest BCUT2D eigenvalue weighted by atomic mass is 10.2. The van der Waals surface area contributed by atoms with Crippen molar-refractivity contribution in [3.05, 3.63) is 48.5 Å². The summed E-state index contributed by atoms with van der Waals surface area (Å²) < 4.78 is 1.91. The van der Waals surface area contributed by atoms with E-state index in [2.05, 4.69) is 15.6 Å². The number of hydrogen-bond acceptors (Lipinski definition) is 4. The van der Waals surface area contributed by atoms with E-state index in [9.17, 15) is 9.59 Å². The highest BCUT2D eigenvalue weighted by Gasteiger charge is 2.09. The van der Waals surface area contributed by atoms with Crippen LogP contribution in [0.4, 0.5) is 5.69 Å². The number of nitrogens with zero attached hydrogens (tertiary/aromatic N) is 2. The molecule has 1 heterocycles. The van der Waals surface area contributed by atoms with Crippen LogP contribution in [-0.2, 0) is 16.1 Å².